The summed E-state index contributed by atoms with van der Waals surface area (Å²) in [6.07, 6.45) is -1.23. The number of aliphatic hydroxyl groups excluding tert-OH is 3. The summed E-state index contributed by atoms with van der Waals surface area (Å²) >= 11 is 0. The molecule has 0 aromatic rings. The summed E-state index contributed by atoms with van der Waals surface area (Å²) in [5.41, 5.74) is 0. The molecule has 1 atom stereocenters. The Labute approximate surface area is 94.2 Å². The van der Waals surface area contributed by atoms with Crippen LogP contribution in [0.15, 0.2) is 0 Å². The number of ether oxygens (including phenoxy) is 2. The number of aliphatic carboxylic acids is 1. The summed E-state index contributed by atoms with van der Waals surface area (Å²) in [4.78, 5) is 9.45. The first-order chi connectivity index (χ1) is 7.56. The van der Waals surface area contributed by atoms with Crippen molar-refractivity contribution in [3.05, 3.63) is 0 Å². The minimum atomic E-state index is -1.23. The van der Waals surface area contributed by atoms with Gasteiger partial charge in [0.1, 0.15) is 6.10 Å². The van der Waals surface area contributed by atoms with E-state index in [1.165, 1.54) is 6.92 Å². The fourth-order valence-corrected chi connectivity index (χ4v) is 0.451. The third kappa shape index (κ3) is 18.9. The van der Waals surface area contributed by atoms with Crippen molar-refractivity contribution in [3.63, 3.8) is 0 Å². The predicted octanol–water partition coefficient (Wildman–Crippen LogP) is -1.54. The van der Waals surface area contributed by atoms with Crippen LogP contribution in [0, 0.1) is 0 Å². The van der Waals surface area contributed by atoms with E-state index in [2.05, 4.69) is 0 Å². The molecule has 0 saturated heterocycles. The Hall–Kier alpha value is -0.730. The third-order valence-corrected chi connectivity index (χ3v) is 1.20. The third-order valence-electron chi connectivity index (χ3n) is 1.20. The number of carboxylic acids is 1. The van der Waals surface area contributed by atoms with Gasteiger partial charge in [0.25, 0.3) is 0 Å². The molecule has 0 aromatic carbocycles. The Balaban J connectivity index is 0. The van der Waals surface area contributed by atoms with E-state index in [1.54, 1.807) is 0 Å². The molecule has 0 aliphatic carbocycles. The average Bonchev–Trinajstić information content (AvgIpc) is 2.24. The molecule has 1 unspecified atom stereocenters. The highest BCUT2D eigenvalue weighted by Crippen LogP contribution is 1.76. The first kappa shape index (κ1) is 17.7. The number of hydrogen-bond donors (Lipinski definition) is 4. The van der Waals surface area contributed by atoms with Gasteiger partial charge < -0.3 is 29.9 Å². The highest BCUT2D eigenvalue weighted by molar-refractivity contribution is 5.71. The van der Waals surface area contributed by atoms with Crippen molar-refractivity contribution in [1.29, 1.82) is 0 Å². The number of rotatable bonds is 8. The summed E-state index contributed by atoms with van der Waals surface area (Å²) in [5.74, 6) is -1.19. The van der Waals surface area contributed by atoms with Crippen molar-refractivity contribution in [2.75, 3.05) is 39.6 Å². The molecule has 0 aliphatic heterocycles. The first-order valence-corrected chi connectivity index (χ1v) is 4.84. The molecule has 0 saturated carbocycles. The van der Waals surface area contributed by atoms with Crippen LogP contribution in [0.4, 0.5) is 0 Å². The van der Waals surface area contributed by atoms with Gasteiger partial charge in [0.2, 0.25) is 0 Å². The lowest BCUT2D eigenvalue weighted by molar-refractivity contribution is -0.145. The number of hydrogen-bond acceptors (Lipinski definition) is 6. The standard InChI is InChI=1S/C6H14O4.C3H6O3/c7-1-3-9-5-6-10-4-2-8;1-2(4)3(5)6/h7-8H,1-6H2;2,4H,1H3,(H,5,6). The molecule has 0 bridgehead atoms. The normalized spacial score (nSPS) is 11.5. The molecule has 0 fully saturated rings. The average molecular weight is 240 g/mol. The molecule has 0 rings (SSSR count). The second-order valence-corrected chi connectivity index (χ2v) is 2.69. The Bertz CT molecular complexity index is 141. The lowest BCUT2D eigenvalue weighted by atomic mass is 10.4. The largest absolute Gasteiger partial charge is 0.479 e. The van der Waals surface area contributed by atoms with Gasteiger partial charge >= 0.3 is 5.97 Å². The predicted molar refractivity (Wildman–Crippen MR) is 55.1 cm³/mol. The number of carbonyl (C=O) groups is 1. The van der Waals surface area contributed by atoms with Crippen LogP contribution in [-0.2, 0) is 14.3 Å². The Kier molecular flexibility index (Phi) is 15.7. The van der Waals surface area contributed by atoms with Gasteiger partial charge in [-0.15, -0.1) is 0 Å². The zero-order valence-electron chi connectivity index (χ0n) is 9.33. The molecule has 16 heavy (non-hydrogen) atoms. The molecule has 4 N–H and O–H groups in total. The lowest BCUT2D eigenvalue weighted by Gasteiger charge is -2.01. The summed E-state index contributed by atoms with van der Waals surface area (Å²) in [5, 5.41) is 32.3. The summed E-state index contributed by atoms with van der Waals surface area (Å²) < 4.78 is 9.75. The maximum absolute atomic E-state index is 9.45. The molecule has 0 aromatic heterocycles. The maximum atomic E-state index is 9.45. The molecular formula is C9H20O7. The van der Waals surface area contributed by atoms with Crippen LogP contribution in [0.5, 0.6) is 0 Å². The van der Waals surface area contributed by atoms with Crippen molar-refractivity contribution >= 4 is 5.97 Å². The molecule has 0 aliphatic rings. The van der Waals surface area contributed by atoms with Crippen molar-refractivity contribution in [1.82, 2.24) is 0 Å². The van der Waals surface area contributed by atoms with Gasteiger partial charge in [-0.1, -0.05) is 0 Å². The summed E-state index contributed by atoms with van der Waals surface area (Å²) in [7, 11) is 0. The minimum Gasteiger partial charge on any atom is -0.479 e. The summed E-state index contributed by atoms with van der Waals surface area (Å²) in [6.45, 7) is 2.93. The van der Waals surface area contributed by atoms with E-state index in [0.29, 0.717) is 26.4 Å². The second kappa shape index (κ2) is 14.3. The molecule has 0 heterocycles. The molecule has 0 amide bonds. The minimum absolute atomic E-state index is 0.0417. The maximum Gasteiger partial charge on any atom is 0.332 e. The van der Waals surface area contributed by atoms with Crippen LogP contribution in [0.25, 0.3) is 0 Å². The highest BCUT2D eigenvalue weighted by Gasteiger charge is 2.01. The Morgan fingerprint density at radius 3 is 1.56 bits per heavy atom. The zero-order valence-corrected chi connectivity index (χ0v) is 9.33. The lowest BCUT2D eigenvalue weighted by Crippen LogP contribution is -2.13. The molecule has 7 nitrogen and oxygen atoms in total. The van der Waals surface area contributed by atoms with Gasteiger partial charge in [-0.05, 0) is 6.92 Å². The first-order valence-electron chi connectivity index (χ1n) is 4.84. The van der Waals surface area contributed by atoms with E-state index in [4.69, 9.17) is 29.9 Å². The molecule has 0 spiro atoms. The van der Waals surface area contributed by atoms with Gasteiger partial charge in [-0.2, -0.15) is 0 Å². The van der Waals surface area contributed by atoms with Crippen molar-refractivity contribution in [2.45, 2.75) is 13.0 Å². The Morgan fingerprint density at radius 1 is 1.06 bits per heavy atom. The molecule has 0 radical (unpaired) electrons. The van der Waals surface area contributed by atoms with E-state index in [-0.39, 0.29) is 13.2 Å². The van der Waals surface area contributed by atoms with Gasteiger partial charge in [0.15, 0.2) is 0 Å². The number of carboxylic acid groups (broad SMARTS) is 1. The van der Waals surface area contributed by atoms with E-state index in [9.17, 15) is 4.79 Å². The topological polar surface area (TPSA) is 116 Å². The van der Waals surface area contributed by atoms with Gasteiger partial charge in [-0.25, -0.2) is 4.79 Å². The van der Waals surface area contributed by atoms with Crippen molar-refractivity contribution < 1.29 is 34.7 Å². The Morgan fingerprint density at radius 2 is 1.38 bits per heavy atom. The highest BCUT2D eigenvalue weighted by atomic mass is 16.5. The van der Waals surface area contributed by atoms with Crippen LogP contribution in [-0.4, -0.2) is 72.1 Å². The van der Waals surface area contributed by atoms with Crippen LogP contribution in [0.2, 0.25) is 0 Å². The fraction of sp³-hybridized carbons (Fsp3) is 0.889. The molecule has 98 valence electrons. The second-order valence-electron chi connectivity index (χ2n) is 2.69. The van der Waals surface area contributed by atoms with Gasteiger partial charge in [0, 0.05) is 0 Å². The monoisotopic (exact) mass is 240 g/mol. The van der Waals surface area contributed by atoms with Crippen molar-refractivity contribution in [3.8, 4) is 0 Å². The van der Waals surface area contributed by atoms with E-state index < -0.39 is 12.1 Å². The molecule has 7 heteroatoms. The van der Waals surface area contributed by atoms with Crippen LogP contribution >= 0.6 is 0 Å². The van der Waals surface area contributed by atoms with Crippen molar-refractivity contribution in [2.24, 2.45) is 0 Å². The quantitative estimate of drug-likeness (QED) is 0.380. The van der Waals surface area contributed by atoms with Gasteiger partial charge in [-0.3, -0.25) is 0 Å². The van der Waals surface area contributed by atoms with Crippen LogP contribution < -0.4 is 0 Å². The summed E-state index contributed by atoms with van der Waals surface area (Å²) in [6, 6.07) is 0. The van der Waals surface area contributed by atoms with E-state index >= 15 is 0 Å². The van der Waals surface area contributed by atoms with E-state index in [1.807, 2.05) is 0 Å². The smallest absolute Gasteiger partial charge is 0.332 e. The number of aliphatic hydroxyl groups is 3. The van der Waals surface area contributed by atoms with E-state index in [0.717, 1.165) is 0 Å². The molecular weight excluding hydrogens is 220 g/mol. The SMILES string of the molecule is CC(O)C(=O)O.OCCOCCOCCO. The van der Waals surface area contributed by atoms with Gasteiger partial charge in [0.05, 0.1) is 39.6 Å². The fourth-order valence-electron chi connectivity index (χ4n) is 0.451. The van der Waals surface area contributed by atoms with Crippen LogP contribution in [0.1, 0.15) is 6.92 Å². The van der Waals surface area contributed by atoms with Crippen LogP contribution in [0.3, 0.4) is 0 Å². The zero-order chi connectivity index (χ0) is 12.8.